The van der Waals surface area contributed by atoms with Crippen molar-refractivity contribution in [2.75, 3.05) is 47.5 Å². The van der Waals surface area contributed by atoms with Crippen molar-refractivity contribution >= 4 is 17.9 Å². The van der Waals surface area contributed by atoms with Crippen LogP contribution in [0.5, 0.6) is 0 Å². The van der Waals surface area contributed by atoms with Gasteiger partial charge in [0.05, 0.1) is 34.4 Å². The largest absolute Gasteiger partial charge is 0.477 e. The van der Waals surface area contributed by atoms with Crippen LogP contribution in [0.2, 0.25) is 0 Å². The van der Waals surface area contributed by atoms with Gasteiger partial charge in [-0.15, -0.1) is 0 Å². The highest BCUT2D eigenvalue weighted by Crippen LogP contribution is 2.18. The zero-order chi connectivity index (χ0) is 66.8. The van der Waals surface area contributed by atoms with Crippen LogP contribution in [0.15, 0.2) is 146 Å². The van der Waals surface area contributed by atoms with Gasteiger partial charge in [-0.2, -0.15) is 0 Å². The molecule has 0 spiro atoms. The number of quaternary nitrogens is 1. The van der Waals surface area contributed by atoms with Gasteiger partial charge >= 0.3 is 17.9 Å². The molecule has 0 aromatic carbocycles. The van der Waals surface area contributed by atoms with Crippen molar-refractivity contribution in [1.82, 2.24) is 0 Å². The van der Waals surface area contributed by atoms with E-state index in [0.717, 1.165) is 122 Å². The number of allylic oxidation sites excluding steroid dienone is 24. The average molecular weight is 1280 g/mol. The number of carbonyl (C=O) groups is 3. The van der Waals surface area contributed by atoms with E-state index in [9.17, 15) is 19.5 Å². The van der Waals surface area contributed by atoms with E-state index >= 15 is 0 Å². The molecule has 9 heteroatoms. The van der Waals surface area contributed by atoms with Gasteiger partial charge in [0.25, 0.3) is 6.29 Å². The molecule has 0 bridgehead atoms. The smallest absolute Gasteiger partial charge is 0.361 e. The van der Waals surface area contributed by atoms with Crippen molar-refractivity contribution in [3.8, 4) is 0 Å². The lowest BCUT2D eigenvalue weighted by atomic mass is 10.0. The van der Waals surface area contributed by atoms with Crippen LogP contribution in [0.25, 0.3) is 0 Å². The van der Waals surface area contributed by atoms with Crippen LogP contribution < -0.4 is 0 Å². The Morgan fingerprint density at radius 2 is 0.620 bits per heavy atom. The van der Waals surface area contributed by atoms with Gasteiger partial charge in [0.1, 0.15) is 13.2 Å². The fraction of sp³-hybridized carbons (Fsp3) is 0.675. The summed E-state index contributed by atoms with van der Waals surface area (Å²) in [5.74, 6) is -2.04. The minimum atomic E-state index is -1.53. The molecule has 0 aliphatic carbocycles. The number of aliphatic carboxylic acids is 1. The van der Waals surface area contributed by atoms with Crippen LogP contribution >= 0.6 is 0 Å². The van der Waals surface area contributed by atoms with Gasteiger partial charge in [-0.1, -0.05) is 333 Å². The second-order valence-electron chi connectivity index (χ2n) is 25.9. The van der Waals surface area contributed by atoms with Crippen LogP contribution in [0.1, 0.15) is 303 Å². The SMILES string of the molecule is CC/C=C\C/C=C\C/C=C\C/C=C\C/C=C\C/C=C\C/C=C\C/C=C\C/C=C\C/C=C\C/C=C\C/C=C\CCCCCCC(=O)OC(COC(=O)CCCCCCCCCCCCCCCCCCCCCCCCCCCC)COC(OCC[N+](C)(C)C)C(=O)O. The number of hydrogen-bond donors (Lipinski definition) is 1. The van der Waals surface area contributed by atoms with Crippen molar-refractivity contribution in [1.29, 1.82) is 0 Å². The molecule has 524 valence electrons. The molecular formula is C83H140NO8+. The molecule has 0 radical (unpaired) electrons. The summed E-state index contributed by atoms with van der Waals surface area (Å²) in [5.41, 5.74) is 0. The summed E-state index contributed by atoms with van der Waals surface area (Å²) in [5, 5.41) is 9.76. The molecule has 9 nitrogen and oxygen atoms in total. The third kappa shape index (κ3) is 72.6. The van der Waals surface area contributed by atoms with Gasteiger partial charge < -0.3 is 28.5 Å². The second kappa shape index (κ2) is 72.0. The van der Waals surface area contributed by atoms with Crippen LogP contribution in [0, 0.1) is 0 Å². The first-order valence-corrected chi connectivity index (χ1v) is 37.5. The molecule has 0 aromatic heterocycles. The maximum absolute atomic E-state index is 13.0. The standard InChI is InChI=1S/C83H139NO8/c1-6-8-10-12-14-16-18-20-22-24-26-28-30-32-34-35-36-37-38-39-40-41-42-43-44-45-46-47-48-50-52-54-56-58-60-62-64-66-68-70-72-74-81(86)92-79(78-91-83(82(87)88)89-76-75-84(3,4)5)77-90-80(85)73-71-69-67-65-63-61-59-57-55-53-51-49-33-31-29-27-25-23-21-19-17-15-13-11-9-7-2/h8,10,14,16,20,22,26,28,32,34,36-37,39-40,42-43,45-46,48,50,54,56,60,62,79,83H,6-7,9,11-13,15,17-19,21,23-25,27,29-31,33,35,38,41,44,47,49,51-53,55,57-59,61,63-78H2,1-5H3/p+1/b10-8-,16-14-,22-20-,28-26-,34-32-,37-36-,40-39-,43-42-,46-45-,50-48-,56-54-,62-60-. The van der Waals surface area contributed by atoms with E-state index in [0.29, 0.717) is 23.9 Å². The summed E-state index contributed by atoms with van der Waals surface area (Å²) in [6.07, 6.45) is 103. The number of ether oxygens (including phenoxy) is 4. The molecule has 92 heavy (non-hydrogen) atoms. The maximum atomic E-state index is 13.0. The Bertz CT molecular complexity index is 2030. The molecule has 2 atom stereocenters. The summed E-state index contributed by atoms with van der Waals surface area (Å²) in [6.45, 7) is 4.75. The Morgan fingerprint density at radius 1 is 0.337 bits per heavy atom. The van der Waals surface area contributed by atoms with E-state index in [4.69, 9.17) is 18.9 Å². The predicted octanol–water partition coefficient (Wildman–Crippen LogP) is 23.9. The van der Waals surface area contributed by atoms with Crippen molar-refractivity contribution in [3.63, 3.8) is 0 Å². The van der Waals surface area contributed by atoms with Crippen LogP contribution in [-0.2, 0) is 33.3 Å². The predicted molar refractivity (Wildman–Crippen MR) is 396 cm³/mol. The van der Waals surface area contributed by atoms with Crippen molar-refractivity contribution in [2.24, 2.45) is 0 Å². The molecule has 0 aliphatic rings. The minimum absolute atomic E-state index is 0.177. The fourth-order valence-electron chi connectivity index (χ4n) is 10.2. The number of hydrogen-bond acceptors (Lipinski definition) is 7. The average Bonchev–Trinajstić information content (AvgIpc) is 3.70. The Balaban J connectivity index is 4.19. The van der Waals surface area contributed by atoms with E-state index in [-0.39, 0.29) is 32.2 Å². The van der Waals surface area contributed by atoms with Gasteiger partial charge in [-0.3, -0.25) is 9.59 Å². The minimum Gasteiger partial charge on any atom is -0.477 e. The Labute approximate surface area is 566 Å². The van der Waals surface area contributed by atoms with E-state index in [1.807, 2.05) is 21.1 Å². The van der Waals surface area contributed by atoms with Gasteiger partial charge in [0.2, 0.25) is 0 Å². The van der Waals surface area contributed by atoms with Crippen LogP contribution in [0.4, 0.5) is 0 Å². The topological polar surface area (TPSA) is 108 Å². The lowest BCUT2D eigenvalue weighted by Crippen LogP contribution is -2.40. The summed E-state index contributed by atoms with van der Waals surface area (Å²) in [7, 11) is 5.97. The molecular weight excluding hydrogens is 1140 g/mol. The summed E-state index contributed by atoms with van der Waals surface area (Å²) in [4.78, 5) is 37.7. The van der Waals surface area contributed by atoms with Crippen LogP contribution in [0.3, 0.4) is 0 Å². The number of rotatable bonds is 68. The highest BCUT2D eigenvalue weighted by molar-refractivity contribution is 5.71. The second-order valence-corrected chi connectivity index (χ2v) is 25.9. The van der Waals surface area contributed by atoms with Gasteiger partial charge in [0, 0.05) is 12.8 Å². The quantitative estimate of drug-likeness (QED) is 0.0211. The summed E-state index contributed by atoms with van der Waals surface area (Å²) in [6, 6.07) is 0. The van der Waals surface area contributed by atoms with E-state index in [1.54, 1.807) is 0 Å². The molecule has 0 saturated heterocycles. The van der Waals surface area contributed by atoms with Crippen LogP contribution in [-0.4, -0.2) is 87.4 Å². The molecule has 0 aromatic rings. The summed E-state index contributed by atoms with van der Waals surface area (Å²) < 4.78 is 23.0. The zero-order valence-corrected chi connectivity index (χ0v) is 59.9. The Kier molecular flexibility index (Phi) is 68.2. The fourth-order valence-corrected chi connectivity index (χ4v) is 10.2. The molecule has 0 aliphatic heterocycles. The summed E-state index contributed by atoms with van der Waals surface area (Å²) >= 11 is 0. The van der Waals surface area contributed by atoms with Gasteiger partial charge in [0.15, 0.2) is 6.10 Å². The maximum Gasteiger partial charge on any atom is 0.361 e. The molecule has 0 heterocycles. The molecule has 2 unspecified atom stereocenters. The first-order chi connectivity index (χ1) is 45.1. The third-order valence-corrected chi connectivity index (χ3v) is 15.9. The Hall–Kier alpha value is -4.83. The first-order valence-electron chi connectivity index (χ1n) is 37.5. The van der Waals surface area contributed by atoms with E-state index in [2.05, 4.69) is 160 Å². The number of esters is 2. The van der Waals surface area contributed by atoms with E-state index in [1.165, 1.54) is 148 Å². The molecule has 0 amide bonds. The van der Waals surface area contributed by atoms with E-state index < -0.39 is 24.3 Å². The number of carbonyl (C=O) groups excluding carboxylic acids is 2. The molecule has 0 rings (SSSR count). The highest BCUT2D eigenvalue weighted by atomic mass is 16.7. The normalized spacial score (nSPS) is 13.5. The molecule has 1 N–H and O–H groups in total. The van der Waals surface area contributed by atoms with Gasteiger partial charge in [-0.25, -0.2) is 4.79 Å². The number of nitrogens with zero attached hydrogens (tertiary/aromatic N) is 1. The van der Waals surface area contributed by atoms with Crippen molar-refractivity contribution in [2.45, 2.75) is 315 Å². The number of unbranched alkanes of at least 4 members (excludes halogenated alkanes) is 29. The van der Waals surface area contributed by atoms with Gasteiger partial charge in [-0.05, 0) is 103 Å². The molecule has 0 fully saturated rings. The number of carboxylic acids is 1. The lowest BCUT2D eigenvalue weighted by molar-refractivity contribution is -0.870. The third-order valence-electron chi connectivity index (χ3n) is 15.9. The monoisotopic (exact) mass is 1280 g/mol. The molecule has 0 saturated carbocycles. The van der Waals surface area contributed by atoms with Crippen molar-refractivity contribution < 1.29 is 42.9 Å². The first kappa shape index (κ1) is 87.2. The number of likely N-dealkylation sites (N-methyl/N-ethyl adjacent to an activating group) is 1. The lowest BCUT2D eigenvalue weighted by Gasteiger charge is -2.25. The number of carboxylic acid groups (broad SMARTS) is 1. The highest BCUT2D eigenvalue weighted by Gasteiger charge is 2.25. The van der Waals surface area contributed by atoms with Crippen molar-refractivity contribution in [3.05, 3.63) is 146 Å². The Morgan fingerprint density at radius 3 is 0.924 bits per heavy atom. The zero-order valence-electron chi connectivity index (χ0n) is 59.9.